The van der Waals surface area contributed by atoms with Crippen LogP contribution in [0.2, 0.25) is 0 Å². The Kier molecular flexibility index (Phi) is 5.44. The molecule has 21 heavy (non-hydrogen) atoms. The lowest BCUT2D eigenvalue weighted by atomic mass is 9.83. The van der Waals surface area contributed by atoms with Gasteiger partial charge in [-0.1, -0.05) is 31.9 Å². The second kappa shape index (κ2) is 6.93. The molecular weight excluding hydrogens is 282 g/mol. The van der Waals surface area contributed by atoms with E-state index in [-0.39, 0.29) is 6.04 Å². The van der Waals surface area contributed by atoms with Gasteiger partial charge in [-0.05, 0) is 55.8 Å². The fourth-order valence-corrected chi connectivity index (χ4v) is 3.63. The predicted molar refractivity (Wildman–Crippen MR) is 87.1 cm³/mol. The average molecular weight is 309 g/mol. The number of sulfone groups is 1. The highest BCUT2D eigenvalue weighted by atomic mass is 32.2. The summed E-state index contributed by atoms with van der Waals surface area (Å²) >= 11 is 0. The zero-order valence-corrected chi connectivity index (χ0v) is 14.1. The van der Waals surface area contributed by atoms with Gasteiger partial charge in [0, 0.05) is 12.3 Å². The molecule has 1 aliphatic rings. The van der Waals surface area contributed by atoms with E-state index in [0.29, 0.717) is 4.90 Å². The van der Waals surface area contributed by atoms with Crippen molar-refractivity contribution in [2.45, 2.75) is 50.5 Å². The molecule has 4 heteroatoms. The highest BCUT2D eigenvalue weighted by molar-refractivity contribution is 7.90. The Balaban J connectivity index is 1.87. The minimum Gasteiger partial charge on any atom is -0.310 e. The van der Waals surface area contributed by atoms with Crippen LogP contribution in [0.25, 0.3) is 0 Å². The molecule has 0 bridgehead atoms. The highest BCUT2D eigenvalue weighted by Crippen LogP contribution is 2.28. The standard InChI is InChI=1S/C17H27NO2S/c1-13-4-6-15(7-5-13)12-18-14(2)16-8-10-17(11-9-16)21(3,19)20/h8-11,13-15,18H,4-7,12H2,1-3H3. The van der Waals surface area contributed by atoms with Crippen molar-refractivity contribution < 1.29 is 8.42 Å². The monoisotopic (exact) mass is 309 g/mol. The van der Waals surface area contributed by atoms with Gasteiger partial charge in [-0.2, -0.15) is 0 Å². The third-order valence-electron chi connectivity index (χ3n) is 4.66. The van der Waals surface area contributed by atoms with E-state index < -0.39 is 9.84 Å². The Labute approximate surface area is 129 Å². The van der Waals surface area contributed by atoms with Gasteiger partial charge in [-0.3, -0.25) is 0 Å². The van der Waals surface area contributed by atoms with Crippen LogP contribution < -0.4 is 5.32 Å². The Bertz CT molecular complexity index is 543. The van der Waals surface area contributed by atoms with Crippen molar-refractivity contribution in [3.63, 3.8) is 0 Å². The molecule has 1 unspecified atom stereocenters. The second-order valence-corrected chi connectivity index (χ2v) is 8.61. The van der Waals surface area contributed by atoms with Crippen molar-refractivity contribution >= 4 is 9.84 Å². The van der Waals surface area contributed by atoms with Crippen molar-refractivity contribution in [1.82, 2.24) is 5.32 Å². The Morgan fingerprint density at radius 1 is 1.14 bits per heavy atom. The fourth-order valence-electron chi connectivity index (χ4n) is 3.00. The normalized spacial score (nSPS) is 24.7. The van der Waals surface area contributed by atoms with E-state index in [9.17, 15) is 8.42 Å². The third-order valence-corrected chi connectivity index (χ3v) is 5.78. The van der Waals surface area contributed by atoms with Crippen molar-refractivity contribution in [3.05, 3.63) is 29.8 Å². The molecule has 2 rings (SSSR count). The van der Waals surface area contributed by atoms with Gasteiger partial charge in [0.2, 0.25) is 0 Å². The molecule has 0 saturated heterocycles. The first-order valence-corrected chi connectivity index (χ1v) is 9.79. The SMILES string of the molecule is CC1CCC(CNC(C)c2ccc(S(C)(=O)=O)cc2)CC1. The summed E-state index contributed by atoms with van der Waals surface area (Å²) in [5, 5.41) is 3.59. The smallest absolute Gasteiger partial charge is 0.175 e. The van der Waals surface area contributed by atoms with E-state index in [2.05, 4.69) is 19.2 Å². The molecule has 0 aliphatic heterocycles. The molecule has 1 N–H and O–H groups in total. The minimum atomic E-state index is -3.10. The summed E-state index contributed by atoms with van der Waals surface area (Å²) in [7, 11) is -3.10. The van der Waals surface area contributed by atoms with Gasteiger partial charge >= 0.3 is 0 Å². The van der Waals surface area contributed by atoms with E-state index >= 15 is 0 Å². The van der Waals surface area contributed by atoms with Gasteiger partial charge in [0.25, 0.3) is 0 Å². The summed E-state index contributed by atoms with van der Waals surface area (Å²) in [5.41, 5.74) is 1.14. The summed E-state index contributed by atoms with van der Waals surface area (Å²) in [6.45, 7) is 5.54. The molecule has 1 fully saturated rings. The van der Waals surface area contributed by atoms with Crippen LogP contribution in [0.5, 0.6) is 0 Å². The van der Waals surface area contributed by atoms with Gasteiger partial charge in [0.1, 0.15) is 0 Å². The van der Waals surface area contributed by atoms with Gasteiger partial charge < -0.3 is 5.32 Å². The average Bonchev–Trinajstić information content (AvgIpc) is 2.45. The molecule has 1 saturated carbocycles. The van der Waals surface area contributed by atoms with Crippen LogP contribution >= 0.6 is 0 Å². The van der Waals surface area contributed by atoms with Crippen LogP contribution in [-0.2, 0) is 9.84 Å². The Hall–Kier alpha value is -0.870. The van der Waals surface area contributed by atoms with E-state index in [0.717, 1.165) is 23.9 Å². The summed E-state index contributed by atoms with van der Waals surface area (Å²) in [6, 6.07) is 7.49. The van der Waals surface area contributed by atoms with E-state index in [4.69, 9.17) is 0 Å². The first-order chi connectivity index (χ1) is 9.86. The van der Waals surface area contributed by atoms with Crippen LogP contribution in [0.1, 0.15) is 51.1 Å². The highest BCUT2D eigenvalue weighted by Gasteiger charge is 2.18. The quantitative estimate of drug-likeness (QED) is 0.904. The number of nitrogens with one attached hydrogen (secondary N) is 1. The Morgan fingerprint density at radius 2 is 1.71 bits per heavy atom. The number of rotatable bonds is 5. The summed E-state index contributed by atoms with van der Waals surface area (Å²) in [4.78, 5) is 0.389. The van der Waals surface area contributed by atoms with E-state index in [1.807, 2.05) is 12.1 Å². The van der Waals surface area contributed by atoms with Crippen molar-refractivity contribution in [1.29, 1.82) is 0 Å². The lowest BCUT2D eigenvalue weighted by Crippen LogP contribution is -2.28. The third kappa shape index (κ3) is 4.82. The van der Waals surface area contributed by atoms with E-state index in [1.165, 1.54) is 31.9 Å². The lowest BCUT2D eigenvalue weighted by Gasteiger charge is -2.27. The topological polar surface area (TPSA) is 46.2 Å². The van der Waals surface area contributed by atoms with Crippen LogP contribution in [0.15, 0.2) is 29.2 Å². The van der Waals surface area contributed by atoms with Crippen LogP contribution in [0, 0.1) is 11.8 Å². The molecule has 1 atom stereocenters. The number of hydrogen-bond acceptors (Lipinski definition) is 3. The summed E-state index contributed by atoms with van der Waals surface area (Å²) < 4.78 is 22.9. The molecule has 3 nitrogen and oxygen atoms in total. The summed E-state index contributed by atoms with van der Waals surface area (Å²) in [5.74, 6) is 1.68. The maximum Gasteiger partial charge on any atom is 0.175 e. The fraction of sp³-hybridized carbons (Fsp3) is 0.647. The molecule has 0 spiro atoms. The van der Waals surface area contributed by atoms with Gasteiger partial charge in [0.05, 0.1) is 4.90 Å². The Morgan fingerprint density at radius 3 is 2.24 bits per heavy atom. The molecule has 118 valence electrons. The molecule has 1 aliphatic carbocycles. The zero-order chi connectivity index (χ0) is 15.5. The number of hydrogen-bond donors (Lipinski definition) is 1. The first kappa shape index (κ1) is 16.5. The largest absolute Gasteiger partial charge is 0.310 e. The maximum absolute atomic E-state index is 11.5. The molecule has 0 heterocycles. The molecule has 0 aromatic heterocycles. The molecule has 0 radical (unpaired) electrons. The lowest BCUT2D eigenvalue weighted by molar-refractivity contribution is 0.276. The van der Waals surface area contributed by atoms with Crippen molar-refractivity contribution in [2.24, 2.45) is 11.8 Å². The van der Waals surface area contributed by atoms with E-state index in [1.54, 1.807) is 12.1 Å². The number of benzene rings is 1. The van der Waals surface area contributed by atoms with Gasteiger partial charge in [0.15, 0.2) is 9.84 Å². The zero-order valence-electron chi connectivity index (χ0n) is 13.3. The van der Waals surface area contributed by atoms with Crippen LogP contribution in [0.3, 0.4) is 0 Å². The van der Waals surface area contributed by atoms with Gasteiger partial charge in [-0.25, -0.2) is 8.42 Å². The van der Waals surface area contributed by atoms with Gasteiger partial charge in [-0.15, -0.1) is 0 Å². The molecule has 0 amide bonds. The maximum atomic E-state index is 11.5. The second-order valence-electron chi connectivity index (χ2n) is 6.60. The molecule has 1 aromatic rings. The summed E-state index contributed by atoms with van der Waals surface area (Å²) in [6.07, 6.45) is 6.60. The molecular formula is C17H27NO2S. The predicted octanol–water partition coefficient (Wildman–Crippen LogP) is 3.57. The van der Waals surface area contributed by atoms with Crippen molar-refractivity contribution in [2.75, 3.05) is 12.8 Å². The van der Waals surface area contributed by atoms with Crippen molar-refractivity contribution in [3.8, 4) is 0 Å². The molecule has 1 aromatic carbocycles. The van der Waals surface area contributed by atoms with Crippen LogP contribution in [0.4, 0.5) is 0 Å². The minimum absolute atomic E-state index is 0.262. The first-order valence-electron chi connectivity index (χ1n) is 7.89. The van der Waals surface area contributed by atoms with Crippen LogP contribution in [-0.4, -0.2) is 21.2 Å².